The predicted molar refractivity (Wildman–Crippen MR) is 113 cm³/mol. The minimum absolute atomic E-state index is 0.0219. The van der Waals surface area contributed by atoms with Gasteiger partial charge in [0.1, 0.15) is 5.41 Å². The van der Waals surface area contributed by atoms with Crippen LogP contribution in [0.1, 0.15) is 35.5 Å². The van der Waals surface area contributed by atoms with Crippen molar-refractivity contribution < 1.29 is 32.2 Å². The maximum atomic E-state index is 13.4. The fraction of sp³-hybridized carbons (Fsp3) is 0.273. The Labute approximate surface area is 187 Å². The van der Waals surface area contributed by atoms with Gasteiger partial charge in [-0.1, -0.05) is 18.2 Å². The number of hydrazone groups is 1. The van der Waals surface area contributed by atoms with Gasteiger partial charge in [-0.3, -0.25) is 9.59 Å². The minimum atomic E-state index is -4.72. The Balaban J connectivity index is 2.21. The number of benzene rings is 1. The van der Waals surface area contributed by atoms with Crippen molar-refractivity contribution in [2.24, 2.45) is 10.5 Å². The molecule has 3 rings (SSSR count). The lowest BCUT2D eigenvalue weighted by Crippen LogP contribution is -2.37. The van der Waals surface area contributed by atoms with Crippen LogP contribution in [0.4, 0.5) is 13.2 Å². The molecule has 1 amide bonds. The Hall–Kier alpha value is -3.89. The number of esters is 1. The van der Waals surface area contributed by atoms with Gasteiger partial charge in [0.2, 0.25) is 5.88 Å². The van der Waals surface area contributed by atoms with Crippen molar-refractivity contribution in [1.82, 2.24) is 15.0 Å². The molecule has 33 heavy (non-hydrogen) atoms. The number of nitrogens with zero attached hydrogens (tertiary/aromatic N) is 3. The van der Waals surface area contributed by atoms with Crippen molar-refractivity contribution in [3.05, 3.63) is 65.4 Å². The van der Waals surface area contributed by atoms with Crippen LogP contribution in [-0.4, -0.2) is 41.4 Å². The number of aromatic nitrogens is 2. The number of alkyl halides is 3. The van der Waals surface area contributed by atoms with E-state index in [0.29, 0.717) is 5.56 Å². The first-order chi connectivity index (χ1) is 15.5. The Bertz CT molecular complexity index is 1220. The topological polar surface area (TPSA) is 94.3 Å². The molecule has 1 aromatic carbocycles. The highest BCUT2D eigenvalue weighted by atomic mass is 19.4. The maximum Gasteiger partial charge on any atom is 0.435 e. The van der Waals surface area contributed by atoms with E-state index in [1.807, 2.05) is 0 Å². The Kier molecular flexibility index (Phi) is 6.43. The standard InChI is InChI=1S/C22H21F3N4O4/c1-21(2,20(31)33-4)18(26-27-19(30)13-8-6-5-7-9-13)14-10-11-17(32-3)29-15(14)12-16(28-29)22(23,24)25/h5-12H,1-4H3,(H,27,30)/b26-18-. The van der Waals surface area contributed by atoms with Crippen molar-refractivity contribution in [2.75, 3.05) is 14.2 Å². The van der Waals surface area contributed by atoms with Gasteiger partial charge in [-0.05, 0) is 38.1 Å². The Morgan fingerprint density at radius 1 is 1.06 bits per heavy atom. The number of ether oxygens (including phenoxy) is 2. The third-order valence-corrected chi connectivity index (χ3v) is 4.93. The molecule has 0 fully saturated rings. The van der Waals surface area contributed by atoms with E-state index in [9.17, 15) is 22.8 Å². The molecule has 174 valence electrons. The first kappa shape index (κ1) is 23.8. The lowest BCUT2D eigenvalue weighted by atomic mass is 9.83. The summed E-state index contributed by atoms with van der Waals surface area (Å²) in [5.41, 5.74) is 0.151. The summed E-state index contributed by atoms with van der Waals surface area (Å²) < 4.78 is 51.1. The van der Waals surface area contributed by atoms with Crippen LogP contribution >= 0.6 is 0 Å². The highest BCUT2D eigenvalue weighted by Gasteiger charge is 2.39. The molecule has 2 heterocycles. The molecule has 1 N–H and O–H groups in total. The molecule has 0 aliphatic carbocycles. The van der Waals surface area contributed by atoms with Gasteiger partial charge in [-0.25, -0.2) is 5.43 Å². The van der Waals surface area contributed by atoms with Crippen LogP contribution in [-0.2, 0) is 15.7 Å². The van der Waals surface area contributed by atoms with E-state index in [0.717, 1.165) is 10.6 Å². The zero-order valence-corrected chi connectivity index (χ0v) is 18.2. The number of amides is 1. The van der Waals surface area contributed by atoms with Gasteiger partial charge in [0, 0.05) is 17.2 Å². The minimum Gasteiger partial charge on any atom is -0.481 e. The van der Waals surface area contributed by atoms with E-state index in [4.69, 9.17) is 9.47 Å². The van der Waals surface area contributed by atoms with Crippen molar-refractivity contribution in [2.45, 2.75) is 20.0 Å². The third-order valence-electron chi connectivity index (χ3n) is 4.93. The van der Waals surface area contributed by atoms with Gasteiger partial charge in [0.05, 0.1) is 25.4 Å². The molecule has 8 nitrogen and oxygen atoms in total. The molecular weight excluding hydrogens is 441 g/mol. The molecule has 0 spiro atoms. The van der Waals surface area contributed by atoms with E-state index in [1.165, 1.54) is 40.2 Å². The molecule has 0 aliphatic rings. The summed E-state index contributed by atoms with van der Waals surface area (Å²) in [5.74, 6) is -1.24. The van der Waals surface area contributed by atoms with E-state index in [-0.39, 0.29) is 22.7 Å². The fourth-order valence-electron chi connectivity index (χ4n) is 3.19. The normalized spacial score (nSPS) is 12.5. The average molecular weight is 462 g/mol. The molecule has 0 bridgehead atoms. The number of rotatable bonds is 6. The number of methoxy groups -OCH3 is 2. The molecule has 0 saturated heterocycles. The number of carbonyl (C=O) groups excluding carboxylic acids is 2. The van der Waals surface area contributed by atoms with Crippen LogP contribution in [0.25, 0.3) is 5.52 Å². The van der Waals surface area contributed by atoms with Crippen molar-refractivity contribution >= 4 is 23.1 Å². The molecule has 0 saturated carbocycles. The van der Waals surface area contributed by atoms with Crippen LogP contribution in [0.2, 0.25) is 0 Å². The summed E-state index contributed by atoms with van der Waals surface area (Å²) in [6.07, 6.45) is -4.72. The fourth-order valence-corrected chi connectivity index (χ4v) is 3.19. The maximum absolute atomic E-state index is 13.4. The molecule has 3 aromatic rings. The van der Waals surface area contributed by atoms with Gasteiger partial charge >= 0.3 is 12.1 Å². The number of hydrogen-bond donors (Lipinski definition) is 1. The highest BCUT2D eigenvalue weighted by molar-refractivity contribution is 6.18. The van der Waals surface area contributed by atoms with Gasteiger partial charge in [0.25, 0.3) is 5.91 Å². The third kappa shape index (κ3) is 4.66. The molecule has 2 aromatic heterocycles. The number of fused-ring (bicyclic) bond motifs is 1. The molecule has 0 aliphatic heterocycles. The molecular formula is C22H21F3N4O4. The van der Waals surface area contributed by atoms with Crippen molar-refractivity contribution in [3.63, 3.8) is 0 Å². The number of carbonyl (C=O) groups is 2. The van der Waals surface area contributed by atoms with Gasteiger partial charge in [0.15, 0.2) is 5.69 Å². The number of halogens is 3. The summed E-state index contributed by atoms with van der Waals surface area (Å²) in [5, 5.41) is 7.74. The summed E-state index contributed by atoms with van der Waals surface area (Å²) >= 11 is 0. The smallest absolute Gasteiger partial charge is 0.435 e. The number of nitrogens with one attached hydrogen (secondary N) is 1. The lowest BCUT2D eigenvalue weighted by molar-refractivity contribution is -0.147. The molecule has 0 atom stereocenters. The Morgan fingerprint density at radius 3 is 2.30 bits per heavy atom. The Morgan fingerprint density at radius 2 is 1.73 bits per heavy atom. The van der Waals surface area contributed by atoms with Gasteiger partial charge in [-0.2, -0.15) is 27.9 Å². The largest absolute Gasteiger partial charge is 0.481 e. The quantitative estimate of drug-likeness (QED) is 0.343. The molecule has 0 radical (unpaired) electrons. The highest BCUT2D eigenvalue weighted by Crippen LogP contribution is 2.34. The van der Waals surface area contributed by atoms with Crippen molar-refractivity contribution in [1.29, 1.82) is 0 Å². The van der Waals surface area contributed by atoms with E-state index >= 15 is 0 Å². The monoisotopic (exact) mass is 462 g/mol. The van der Waals surface area contributed by atoms with E-state index in [1.54, 1.807) is 30.3 Å². The van der Waals surface area contributed by atoms with Crippen LogP contribution in [0.3, 0.4) is 0 Å². The zero-order chi connectivity index (χ0) is 24.4. The first-order valence-electron chi connectivity index (χ1n) is 9.67. The van der Waals surface area contributed by atoms with Gasteiger partial charge < -0.3 is 9.47 Å². The van der Waals surface area contributed by atoms with Gasteiger partial charge in [-0.15, -0.1) is 0 Å². The molecule has 11 heteroatoms. The second-order valence-corrected chi connectivity index (χ2v) is 7.50. The second kappa shape index (κ2) is 8.93. The number of hydrogen-bond acceptors (Lipinski definition) is 6. The van der Waals surface area contributed by atoms with Crippen molar-refractivity contribution in [3.8, 4) is 5.88 Å². The summed E-state index contributed by atoms with van der Waals surface area (Å²) in [4.78, 5) is 25.1. The zero-order valence-electron chi connectivity index (χ0n) is 18.2. The first-order valence-corrected chi connectivity index (χ1v) is 9.67. The second-order valence-electron chi connectivity index (χ2n) is 7.50. The van der Waals surface area contributed by atoms with E-state index in [2.05, 4.69) is 15.6 Å². The van der Waals surface area contributed by atoms with E-state index < -0.39 is 29.2 Å². The molecule has 0 unspecified atom stereocenters. The average Bonchev–Trinajstić information content (AvgIpc) is 3.25. The van der Waals surface area contributed by atoms with Crippen LogP contribution in [0, 0.1) is 5.41 Å². The summed E-state index contributed by atoms with van der Waals surface area (Å²) in [6.45, 7) is 2.96. The lowest BCUT2D eigenvalue weighted by Gasteiger charge is -2.24. The summed E-state index contributed by atoms with van der Waals surface area (Å²) in [7, 11) is 2.46. The summed E-state index contributed by atoms with van der Waals surface area (Å²) in [6, 6.07) is 11.8. The number of pyridine rings is 1. The van der Waals surface area contributed by atoms with Crippen LogP contribution in [0.5, 0.6) is 5.88 Å². The van der Waals surface area contributed by atoms with Crippen LogP contribution < -0.4 is 10.2 Å². The van der Waals surface area contributed by atoms with Crippen LogP contribution in [0.15, 0.2) is 53.6 Å². The SMILES string of the molecule is COC(=O)C(C)(C)/C(=N\NC(=O)c1ccccc1)c1ccc(OC)n2nc(C(F)(F)F)cc12. The predicted octanol–water partition coefficient (Wildman–Crippen LogP) is 3.70.